The molecule has 0 aliphatic carbocycles. The number of carbonyl (C=O) groups excluding carboxylic acids is 2. The van der Waals surface area contributed by atoms with E-state index in [1.54, 1.807) is 26.8 Å². The van der Waals surface area contributed by atoms with Crippen LogP contribution in [0.15, 0.2) is 18.2 Å². The third-order valence-corrected chi connectivity index (χ3v) is 8.05. The number of anilines is 1. The van der Waals surface area contributed by atoms with Crippen LogP contribution in [0.5, 0.6) is 0 Å². The monoisotopic (exact) mass is 523 g/mol. The number of nitrogens with zero attached hydrogens (tertiary/aromatic N) is 3. The van der Waals surface area contributed by atoms with E-state index in [-0.39, 0.29) is 15.4 Å². The highest BCUT2D eigenvalue weighted by atomic mass is 35.5. The van der Waals surface area contributed by atoms with Crippen molar-refractivity contribution < 1.29 is 18.4 Å². The Kier molecular flexibility index (Phi) is 6.45. The van der Waals surface area contributed by atoms with Crippen molar-refractivity contribution in [3.8, 4) is 10.4 Å². The number of fused-ring (bicyclic) bond motifs is 1. The highest BCUT2D eigenvalue weighted by Crippen LogP contribution is 2.44. The molecule has 4 aromatic rings. The second kappa shape index (κ2) is 9.05. The highest BCUT2D eigenvalue weighted by molar-refractivity contribution is 7.21. The van der Waals surface area contributed by atoms with E-state index in [0.29, 0.717) is 32.2 Å². The molecule has 0 fully saturated rings. The van der Waals surface area contributed by atoms with Crippen LogP contribution in [0.4, 0.5) is 14.5 Å². The SMILES string of the molecule is Cc1ccc(-c2cc(C(F)F)nc3sc(C(N)=O)c(NC(=O)C(C)n4nc(C)c(Cl)c4C)c23)s1. The fraction of sp³-hybridized carbons (Fsp3) is 0.273. The Balaban J connectivity index is 1.89. The van der Waals surface area contributed by atoms with Gasteiger partial charge in [0.2, 0.25) is 5.91 Å². The van der Waals surface area contributed by atoms with Crippen molar-refractivity contribution in [2.75, 3.05) is 5.32 Å². The predicted molar refractivity (Wildman–Crippen MR) is 131 cm³/mol. The van der Waals surface area contributed by atoms with E-state index in [1.807, 2.05) is 13.0 Å². The van der Waals surface area contributed by atoms with E-state index in [0.717, 1.165) is 16.2 Å². The van der Waals surface area contributed by atoms with E-state index in [2.05, 4.69) is 15.4 Å². The number of nitrogens with one attached hydrogen (secondary N) is 1. The molecule has 4 rings (SSSR count). The summed E-state index contributed by atoms with van der Waals surface area (Å²) in [6.07, 6.45) is -2.81. The van der Waals surface area contributed by atoms with Crippen LogP contribution in [-0.2, 0) is 4.79 Å². The minimum absolute atomic E-state index is 0.0235. The number of nitrogens with two attached hydrogens (primary N) is 1. The number of halogens is 3. The number of thiophene rings is 2. The van der Waals surface area contributed by atoms with E-state index >= 15 is 0 Å². The lowest BCUT2D eigenvalue weighted by Crippen LogP contribution is -2.26. The summed E-state index contributed by atoms with van der Waals surface area (Å²) < 4.78 is 28.7. The molecule has 0 saturated heterocycles. The molecule has 0 radical (unpaired) electrons. The Bertz CT molecular complexity index is 1440. The lowest BCUT2D eigenvalue weighted by atomic mass is 10.1. The maximum Gasteiger partial charge on any atom is 0.280 e. The van der Waals surface area contributed by atoms with Crippen molar-refractivity contribution in [1.82, 2.24) is 14.8 Å². The number of alkyl halides is 2. The first kappa shape index (κ1) is 24.2. The largest absolute Gasteiger partial charge is 0.365 e. The summed E-state index contributed by atoms with van der Waals surface area (Å²) >= 11 is 8.49. The Labute approximate surface area is 206 Å². The van der Waals surface area contributed by atoms with Crippen molar-refractivity contribution in [1.29, 1.82) is 0 Å². The van der Waals surface area contributed by atoms with Crippen LogP contribution in [0.1, 0.15) is 51.0 Å². The summed E-state index contributed by atoms with van der Waals surface area (Å²) in [5.74, 6) is -1.28. The van der Waals surface area contributed by atoms with Gasteiger partial charge in [-0.05, 0) is 45.9 Å². The molecule has 2 amide bonds. The van der Waals surface area contributed by atoms with Crippen LogP contribution in [-0.4, -0.2) is 26.6 Å². The van der Waals surface area contributed by atoms with Gasteiger partial charge in [-0.3, -0.25) is 14.3 Å². The summed E-state index contributed by atoms with van der Waals surface area (Å²) in [4.78, 5) is 31.4. The van der Waals surface area contributed by atoms with Gasteiger partial charge in [0.15, 0.2) is 0 Å². The molecule has 4 aromatic heterocycles. The fourth-order valence-electron chi connectivity index (χ4n) is 3.65. The molecule has 1 atom stereocenters. The van der Waals surface area contributed by atoms with Crippen molar-refractivity contribution in [2.45, 2.75) is 40.2 Å². The Morgan fingerprint density at radius 3 is 2.44 bits per heavy atom. The number of rotatable bonds is 6. The van der Waals surface area contributed by atoms with Gasteiger partial charge in [-0.2, -0.15) is 5.10 Å². The number of aromatic nitrogens is 3. The lowest BCUT2D eigenvalue weighted by molar-refractivity contribution is -0.119. The highest BCUT2D eigenvalue weighted by Gasteiger charge is 2.28. The Morgan fingerprint density at radius 2 is 1.91 bits per heavy atom. The first-order valence-corrected chi connectivity index (χ1v) is 12.1. The Morgan fingerprint density at radius 1 is 1.21 bits per heavy atom. The average Bonchev–Trinajstić information content (AvgIpc) is 3.45. The smallest absolute Gasteiger partial charge is 0.280 e. The molecule has 178 valence electrons. The maximum absolute atomic E-state index is 13.6. The standard InChI is InChI=1S/C22H20ClF2N5O2S2/c1-8-5-6-14(33-8)12-7-13(19(24)25)27-22-15(12)17(18(34-22)20(26)31)28-21(32)11(4)30-10(3)16(23)9(2)29-30/h5-7,11,19H,1-4H3,(H2,26,31)(H,28,32). The van der Waals surface area contributed by atoms with Crippen molar-refractivity contribution in [3.63, 3.8) is 0 Å². The van der Waals surface area contributed by atoms with E-state index in [4.69, 9.17) is 17.3 Å². The molecule has 0 bridgehead atoms. The van der Waals surface area contributed by atoms with Gasteiger partial charge in [0.1, 0.15) is 21.4 Å². The number of pyridine rings is 1. The average molecular weight is 524 g/mol. The van der Waals surface area contributed by atoms with E-state index in [1.165, 1.54) is 22.1 Å². The van der Waals surface area contributed by atoms with Crippen LogP contribution >= 0.6 is 34.3 Å². The van der Waals surface area contributed by atoms with Crippen molar-refractivity contribution in [2.24, 2.45) is 5.73 Å². The molecule has 7 nitrogen and oxygen atoms in total. The summed E-state index contributed by atoms with van der Waals surface area (Å²) in [7, 11) is 0. The van der Waals surface area contributed by atoms with Crippen molar-refractivity contribution >= 4 is 62.0 Å². The zero-order valence-corrected chi connectivity index (χ0v) is 21.0. The topological polar surface area (TPSA) is 103 Å². The molecule has 0 aliphatic heterocycles. The van der Waals surface area contributed by atoms with Crippen molar-refractivity contribution in [3.05, 3.63) is 50.1 Å². The molecular formula is C22H20ClF2N5O2S2. The predicted octanol–water partition coefficient (Wildman–Crippen LogP) is 6.04. The second-order valence-corrected chi connectivity index (χ2v) is 10.4. The molecule has 3 N–H and O–H groups in total. The lowest BCUT2D eigenvalue weighted by Gasteiger charge is -2.15. The molecule has 0 aromatic carbocycles. The number of hydrogen-bond donors (Lipinski definition) is 2. The first-order chi connectivity index (χ1) is 16.0. The number of aryl methyl sites for hydroxylation is 2. The Hall–Kier alpha value is -2.89. The van der Waals surface area contributed by atoms with Crippen LogP contribution < -0.4 is 11.1 Å². The fourth-order valence-corrected chi connectivity index (χ4v) is 5.68. The zero-order valence-electron chi connectivity index (χ0n) is 18.6. The number of hydrogen-bond acceptors (Lipinski definition) is 6. The molecule has 0 spiro atoms. The van der Waals surface area contributed by atoms with Crippen LogP contribution in [0.25, 0.3) is 20.7 Å². The quantitative estimate of drug-likeness (QED) is 0.322. The zero-order chi connectivity index (χ0) is 24.9. The molecule has 4 heterocycles. The molecule has 1 unspecified atom stereocenters. The minimum Gasteiger partial charge on any atom is -0.365 e. The molecule has 0 saturated carbocycles. The minimum atomic E-state index is -2.81. The number of primary amides is 1. The number of amides is 2. The molecule has 34 heavy (non-hydrogen) atoms. The van der Waals surface area contributed by atoms with Gasteiger partial charge in [-0.15, -0.1) is 22.7 Å². The molecule has 12 heteroatoms. The third-order valence-electron chi connectivity index (χ3n) is 5.37. The van der Waals surface area contributed by atoms with Gasteiger partial charge >= 0.3 is 0 Å². The van der Waals surface area contributed by atoms with E-state index in [9.17, 15) is 18.4 Å². The normalized spacial score (nSPS) is 12.5. The van der Waals surface area contributed by atoms with E-state index < -0.39 is 30.0 Å². The maximum atomic E-state index is 13.6. The summed E-state index contributed by atoms with van der Waals surface area (Å²) in [6.45, 7) is 7.01. The second-order valence-electron chi connectivity index (χ2n) is 7.75. The number of carbonyl (C=O) groups is 2. The van der Waals surface area contributed by atoms with Crippen LogP contribution in [0.3, 0.4) is 0 Å². The summed E-state index contributed by atoms with van der Waals surface area (Å²) in [6, 6.07) is 4.18. The summed E-state index contributed by atoms with van der Waals surface area (Å²) in [5.41, 5.74) is 6.95. The van der Waals surface area contributed by atoms with Gasteiger partial charge < -0.3 is 11.1 Å². The van der Waals surface area contributed by atoms with Crippen LogP contribution in [0, 0.1) is 20.8 Å². The molecule has 0 aliphatic rings. The van der Waals surface area contributed by atoms with Gasteiger partial charge in [-0.1, -0.05) is 11.6 Å². The van der Waals surface area contributed by atoms with Gasteiger partial charge in [-0.25, -0.2) is 13.8 Å². The van der Waals surface area contributed by atoms with Gasteiger partial charge in [0.25, 0.3) is 12.3 Å². The van der Waals surface area contributed by atoms with Gasteiger partial charge in [0.05, 0.1) is 22.1 Å². The first-order valence-electron chi connectivity index (χ1n) is 10.1. The van der Waals surface area contributed by atoms with Crippen LogP contribution in [0.2, 0.25) is 5.02 Å². The molecular weight excluding hydrogens is 504 g/mol. The third kappa shape index (κ3) is 4.19. The van der Waals surface area contributed by atoms with Gasteiger partial charge in [0, 0.05) is 20.7 Å². The summed E-state index contributed by atoms with van der Waals surface area (Å²) in [5, 5.41) is 7.94.